The Morgan fingerprint density at radius 1 is 1.39 bits per heavy atom. The maximum absolute atomic E-state index is 12.5. The first-order valence-electron chi connectivity index (χ1n) is 7.82. The zero-order valence-electron chi connectivity index (χ0n) is 12.5. The van der Waals surface area contributed by atoms with Crippen LogP contribution in [0.4, 0.5) is 0 Å². The third-order valence-corrected chi connectivity index (χ3v) is 4.93. The van der Waals surface area contributed by atoms with Gasteiger partial charge in [0.05, 0.1) is 24.3 Å². The van der Waals surface area contributed by atoms with E-state index in [2.05, 4.69) is 0 Å². The number of likely N-dealkylation sites (tertiary alicyclic amines) is 1. The van der Waals surface area contributed by atoms with Crippen LogP contribution in [0.2, 0.25) is 5.02 Å². The third kappa shape index (κ3) is 2.66. The van der Waals surface area contributed by atoms with Gasteiger partial charge in [0.25, 0.3) is 0 Å². The van der Waals surface area contributed by atoms with Crippen molar-refractivity contribution in [2.75, 3.05) is 13.2 Å². The highest BCUT2D eigenvalue weighted by Crippen LogP contribution is 2.27. The number of aryl methyl sites for hydroxylation is 1. The van der Waals surface area contributed by atoms with Gasteiger partial charge in [-0.2, -0.15) is 0 Å². The molecular formula is C16H17ClN2O4. The van der Waals surface area contributed by atoms with Crippen molar-refractivity contribution in [3.63, 3.8) is 0 Å². The van der Waals surface area contributed by atoms with Gasteiger partial charge in [-0.1, -0.05) is 11.6 Å². The van der Waals surface area contributed by atoms with Crippen LogP contribution in [0, 0.1) is 0 Å². The third-order valence-electron chi connectivity index (χ3n) is 4.69. The number of oxazole rings is 1. The fourth-order valence-corrected chi connectivity index (χ4v) is 3.66. The molecule has 2 unspecified atom stereocenters. The van der Waals surface area contributed by atoms with Crippen molar-refractivity contribution in [1.29, 1.82) is 0 Å². The molecule has 0 radical (unpaired) electrons. The standard InChI is InChI=1S/C16H17ClN2O4/c17-10-1-2-13-14(7-10)23-16(21)19(13)6-4-15(20)18-5-3-12-8-11(18)9-22-12/h1-2,7,11-12H,3-6,8-9H2. The summed E-state index contributed by atoms with van der Waals surface area (Å²) in [6.45, 7) is 1.67. The molecule has 2 aromatic rings. The molecule has 2 aliphatic rings. The molecule has 2 atom stereocenters. The average Bonchev–Trinajstić information content (AvgIpc) is 3.04. The van der Waals surface area contributed by atoms with Gasteiger partial charge in [-0.25, -0.2) is 4.79 Å². The van der Waals surface area contributed by atoms with E-state index in [9.17, 15) is 9.59 Å². The van der Waals surface area contributed by atoms with Crippen molar-refractivity contribution in [1.82, 2.24) is 9.47 Å². The topological polar surface area (TPSA) is 64.7 Å². The lowest BCUT2D eigenvalue weighted by atomic mass is 10.0. The van der Waals surface area contributed by atoms with Crippen LogP contribution in [0.25, 0.3) is 11.1 Å². The van der Waals surface area contributed by atoms with Gasteiger partial charge in [0, 0.05) is 30.6 Å². The second-order valence-electron chi connectivity index (χ2n) is 6.10. The van der Waals surface area contributed by atoms with E-state index in [1.54, 1.807) is 18.2 Å². The number of piperidine rings is 1. The molecule has 1 aromatic carbocycles. The van der Waals surface area contributed by atoms with Gasteiger partial charge in [-0.15, -0.1) is 0 Å². The first-order chi connectivity index (χ1) is 11.1. The lowest BCUT2D eigenvalue weighted by Gasteiger charge is -2.31. The molecule has 122 valence electrons. The Bertz CT molecular complexity index is 812. The summed E-state index contributed by atoms with van der Waals surface area (Å²) >= 11 is 5.90. The van der Waals surface area contributed by atoms with E-state index in [1.807, 2.05) is 4.90 Å². The molecule has 2 bridgehead atoms. The minimum absolute atomic E-state index is 0.0640. The minimum Gasteiger partial charge on any atom is -0.408 e. The van der Waals surface area contributed by atoms with Crippen LogP contribution in [-0.2, 0) is 16.1 Å². The number of halogens is 1. The molecule has 0 N–H and O–H groups in total. The van der Waals surface area contributed by atoms with Crippen LogP contribution >= 0.6 is 11.6 Å². The zero-order valence-corrected chi connectivity index (χ0v) is 13.3. The number of carbonyl (C=O) groups is 1. The van der Waals surface area contributed by atoms with Crippen LogP contribution in [0.3, 0.4) is 0 Å². The van der Waals surface area contributed by atoms with E-state index >= 15 is 0 Å². The van der Waals surface area contributed by atoms with Crippen molar-refractivity contribution >= 4 is 28.6 Å². The summed E-state index contributed by atoms with van der Waals surface area (Å²) in [5.41, 5.74) is 1.11. The van der Waals surface area contributed by atoms with Crippen LogP contribution in [0.15, 0.2) is 27.4 Å². The number of rotatable bonds is 3. The summed E-state index contributed by atoms with van der Waals surface area (Å²) in [5, 5.41) is 0.513. The fraction of sp³-hybridized carbons (Fsp3) is 0.500. The van der Waals surface area contributed by atoms with E-state index in [4.69, 9.17) is 20.8 Å². The molecule has 23 heavy (non-hydrogen) atoms. The number of hydrogen-bond donors (Lipinski definition) is 0. The predicted molar refractivity (Wildman–Crippen MR) is 84.6 cm³/mol. The van der Waals surface area contributed by atoms with Gasteiger partial charge in [0.1, 0.15) is 0 Å². The normalized spacial score (nSPS) is 23.6. The number of amides is 1. The molecule has 2 saturated heterocycles. The van der Waals surface area contributed by atoms with E-state index in [-0.39, 0.29) is 18.4 Å². The number of carbonyl (C=O) groups excluding carboxylic acids is 1. The minimum atomic E-state index is -0.460. The van der Waals surface area contributed by atoms with Crippen LogP contribution in [-0.4, -0.2) is 40.7 Å². The number of aromatic nitrogens is 1. The van der Waals surface area contributed by atoms with E-state index in [0.717, 1.165) is 19.4 Å². The average molecular weight is 337 g/mol. The highest BCUT2D eigenvalue weighted by atomic mass is 35.5. The van der Waals surface area contributed by atoms with E-state index < -0.39 is 5.76 Å². The number of benzene rings is 1. The van der Waals surface area contributed by atoms with Crippen molar-refractivity contribution in [2.24, 2.45) is 0 Å². The molecule has 0 aliphatic carbocycles. The number of fused-ring (bicyclic) bond motifs is 3. The number of nitrogens with zero attached hydrogens (tertiary/aromatic N) is 2. The SMILES string of the molecule is O=C(CCn1c(=O)oc2cc(Cl)ccc21)N1CCC2CC1CO2. The first kappa shape index (κ1) is 14.8. The quantitative estimate of drug-likeness (QED) is 0.860. The molecule has 1 aromatic heterocycles. The Morgan fingerprint density at radius 3 is 3.13 bits per heavy atom. The molecule has 7 heteroatoms. The van der Waals surface area contributed by atoms with Gasteiger partial charge in [0.2, 0.25) is 5.91 Å². The van der Waals surface area contributed by atoms with Crippen molar-refractivity contribution in [3.05, 3.63) is 33.8 Å². The van der Waals surface area contributed by atoms with Crippen LogP contribution in [0.1, 0.15) is 19.3 Å². The summed E-state index contributed by atoms with van der Waals surface area (Å²) < 4.78 is 12.3. The van der Waals surface area contributed by atoms with Crippen molar-refractivity contribution < 1.29 is 13.9 Å². The molecule has 0 saturated carbocycles. The second kappa shape index (κ2) is 5.69. The molecule has 6 nitrogen and oxygen atoms in total. The summed E-state index contributed by atoms with van der Waals surface area (Å²) in [7, 11) is 0. The molecular weight excluding hydrogens is 320 g/mol. The van der Waals surface area contributed by atoms with E-state index in [0.29, 0.717) is 35.4 Å². The number of ether oxygens (including phenoxy) is 1. The summed E-state index contributed by atoms with van der Waals surface area (Å²) in [6.07, 6.45) is 2.42. The Balaban J connectivity index is 1.49. The van der Waals surface area contributed by atoms with Gasteiger partial charge >= 0.3 is 5.76 Å². The fourth-order valence-electron chi connectivity index (χ4n) is 3.50. The van der Waals surface area contributed by atoms with Gasteiger partial charge < -0.3 is 14.1 Å². The largest absolute Gasteiger partial charge is 0.419 e. The molecule has 2 fully saturated rings. The summed E-state index contributed by atoms with van der Waals surface area (Å²) in [4.78, 5) is 26.4. The van der Waals surface area contributed by atoms with Crippen LogP contribution in [0.5, 0.6) is 0 Å². The van der Waals surface area contributed by atoms with Crippen molar-refractivity contribution in [3.8, 4) is 0 Å². The van der Waals surface area contributed by atoms with Crippen molar-refractivity contribution in [2.45, 2.75) is 38.0 Å². The Hall–Kier alpha value is -1.79. The second-order valence-corrected chi connectivity index (χ2v) is 6.54. The lowest BCUT2D eigenvalue weighted by molar-refractivity contribution is -0.134. The Morgan fingerprint density at radius 2 is 2.26 bits per heavy atom. The zero-order chi connectivity index (χ0) is 16.0. The molecule has 3 heterocycles. The highest BCUT2D eigenvalue weighted by Gasteiger charge is 2.37. The summed E-state index contributed by atoms with van der Waals surface area (Å²) in [6, 6.07) is 5.25. The summed E-state index contributed by atoms with van der Waals surface area (Å²) in [5.74, 6) is -0.396. The molecule has 1 amide bonds. The first-order valence-corrected chi connectivity index (χ1v) is 8.19. The van der Waals surface area contributed by atoms with Gasteiger partial charge in [-0.3, -0.25) is 9.36 Å². The predicted octanol–water partition coefficient (Wildman–Crippen LogP) is 2.03. The molecule has 0 spiro atoms. The lowest BCUT2D eigenvalue weighted by Crippen LogP contribution is -2.44. The maximum atomic E-state index is 12.5. The molecule has 4 rings (SSSR count). The van der Waals surface area contributed by atoms with E-state index in [1.165, 1.54) is 4.57 Å². The van der Waals surface area contributed by atoms with Gasteiger partial charge in [0.15, 0.2) is 5.58 Å². The van der Waals surface area contributed by atoms with Crippen LogP contribution < -0.4 is 5.76 Å². The Labute approximate surface area is 137 Å². The maximum Gasteiger partial charge on any atom is 0.419 e. The number of hydrogen-bond acceptors (Lipinski definition) is 4. The highest BCUT2D eigenvalue weighted by molar-refractivity contribution is 6.31. The smallest absolute Gasteiger partial charge is 0.408 e. The Kier molecular flexibility index (Phi) is 3.66. The molecule has 2 aliphatic heterocycles. The monoisotopic (exact) mass is 336 g/mol. The van der Waals surface area contributed by atoms with Gasteiger partial charge in [-0.05, 0) is 25.0 Å².